The molecule has 39 heavy (non-hydrogen) atoms. The molecule has 3 aromatic rings. The van der Waals surface area contributed by atoms with Crippen LogP contribution in [-0.4, -0.2) is 78.5 Å². The van der Waals surface area contributed by atoms with Gasteiger partial charge in [0.25, 0.3) is 5.91 Å². The molecule has 5 rings (SSSR count). The summed E-state index contributed by atoms with van der Waals surface area (Å²) in [5.74, 6) is -0.326. The number of hydrogen-bond acceptors (Lipinski definition) is 3. The average molecular weight is 529 g/mol. The zero-order valence-electron chi connectivity index (χ0n) is 22.6. The first-order valence-electron chi connectivity index (χ1n) is 13.9. The largest absolute Gasteiger partial charge is 0.337 e. The van der Waals surface area contributed by atoms with Gasteiger partial charge in [-0.3, -0.25) is 4.79 Å². The Kier molecular flexibility index (Phi) is 8.57. The van der Waals surface area contributed by atoms with Crippen LogP contribution in [0.2, 0.25) is 0 Å². The van der Waals surface area contributed by atoms with E-state index in [-0.39, 0.29) is 23.8 Å². The SMILES string of the molecule is CN(C(=O)c1ccc(-c2ccc(F)cc2)cc1)[C@H]1CCN(C(=O)N2CC[C@H](NCCCc3ccccc3)C2)C1. The summed E-state index contributed by atoms with van der Waals surface area (Å²) in [7, 11) is 1.82. The minimum atomic E-state index is -0.271. The van der Waals surface area contributed by atoms with Crippen molar-refractivity contribution in [3.63, 3.8) is 0 Å². The third-order valence-electron chi connectivity index (χ3n) is 7.99. The number of amides is 3. The van der Waals surface area contributed by atoms with Crippen molar-refractivity contribution in [1.29, 1.82) is 0 Å². The molecule has 7 heteroatoms. The lowest BCUT2D eigenvalue weighted by Gasteiger charge is -2.27. The van der Waals surface area contributed by atoms with Crippen molar-refractivity contribution in [2.75, 3.05) is 39.8 Å². The molecule has 0 unspecified atom stereocenters. The zero-order valence-corrected chi connectivity index (χ0v) is 22.6. The number of hydrogen-bond donors (Lipinski definition) is 1. The highest BCUT2D eigenvalue weighted by Crippen LogP contribution is 2.23. The number of likely N-dealkylation sites (N-methyl/N-ethyl adjacent to an activating group) is 1. The standard InChI is InChI=1S/C32H37FN4O2/c1-35(31(38)27-11-9-25(10-12-27)26-13-15-28(33)16-14-26)30-18-21-37(23-30)32(39)36-20-17-29(22-36)34-19-5-8-24-6-3-2-4-7-24/h2-4,6-7,9-16,29-30,34H,5,8,17-23H2,1H3/t29-,30-/m0/s1. The summed E-state index contributed by atoms with van der Waals surface area (Å²) in [6, 6.07) is 24.7. The third-order valence-corrected chi connectivity index (χ3v) is 7.99. The monoisotopic (exact) mass is 528 g/mol. The van der Waals surface area contributed by atoms with Gasteiger partial charge in [-0.2, -0.15) is 0 Å². The molecule has 1 N–H and O–H groups in total. The number of likely N-dealkylation sites (tertiary alicyclic amines) is 2. The van der Waals surface area contributed by atoms with Crippen LogP contribution < -0.4 is 5.32 Å². The second-order valence-corrected chi connectivity index (χ2v) is 10.6. The van der Waals surface area contributed by atoms with Gasteiger partial charge in [-0.15, -0.1) is 0 Å². The number of carbonyl (C=O) groups is 2. The Balaban J connectivity index is 1.07. The fraction of sp³-hybridized carbons (Fsp3) is 0.375. The molecule has 2 aliphatic heterocycles. The molecule has 0 bridgehead atoms. The summed E-state index contributed by atoms with van der Waals surface area (Å²) in [4.78, 5) is 32.0. The molecule has 2 heterocycles. The lowest BCUT2D eigenvalue weighted by atomic mass is 10.0. The normalized spacial score (nSPS) is 18.9. The van der Waals surface area contributed by atoms with Gasteiger partial charge in [0.15, 0.2) is 0 Å². The summed E-state index contributed by atoms with van der Waals surface area (Å²) in [6.45, 7) is 3.67. The van der Waals surface area contributed by atoms with Gasteiger partial charge >= 0.3 is 6.03 Å². The van der Waals surface area contributed by atoms with Crippen molar-refractivity contribution >= 4 is 11.9 Å². The summed E-state index contributed by atoms with van der Waals surface area (Å²) in [5, 5.41) is 3.62. The maximum Gasteiger partial charge on any atom is 0.320 e. The Morgan fingerprint density at radius 3 is 2.23 bits per heavy atom. The number of rotatable bonds is 8. The maximum atomic E-state index is 13.2. The predicted octanol–water partition coefficient (Wildman–Crippen LogP) is 5.06. The van der Waals surface area contributed by atoms with Gasteiger partial charge in [-0.25, -0.2) is 9.18 Å². The van der Waals surface area contributed by atoms with Gasteiger partial charge in [0.1, 0.15) is 5.82 Å². The maximum absolute atomic E-state index is 13.2. The van der Waals surface area contributed by atoms with Crippen LogP contribution in [0.3, 0.4) is 0 Å². The van der Waals surface area contributed by atoms with Crippen LogP contribution in [0.15, 0.2) is 78.9 Å². The molecule has 0 aliphatic carbocycles. The lowest BCUT2D eigenvalue weighted by molar-refractivity contribution is 0.0735. The van der Waals surface area contributed by atoms with Crippen LogP contribution in [0.5, 0.6) is 0 Å². The molecule has 2 fully saturated rings. The Morgan fingerprint density at radius 1 is 0.872 bits per heavy atom. The molecule has 2 aliphatic rings. The first-order valence-corrected chi connectivity index (χ1v) is 13.9. The van der Waals surface area contributed by atoms with Crippen molar-refractivity contribution in [3.8, 4) is 11.1 Å². The molecule has 0 spiro atoms. The van der Waals surface area contributed by atoms with E-state index in [4.69, 9.17) is 0 Å². The highest BCUT2D eigenvalue weighted by atomic mass is 19.1. The van der Waals surface area contributed by atoms with E-state index in [1.165, 1.54) is 17.7 Å². The van der Waals surface area contributed by atoms with Crippen LogP contribution in [0.25, 0.3) is 11.1 Å². The van der Waals surface area contributed by atoms with E-state index < -0.39 is 0 Å². The highest BCUT2D eigenvalue weighted by molar-refractivity contribution is 5.95. The van der Waals surface area contributed by atoms with E-state index in [1.54, 1.807) is 17.0 Å². The van der Waals surface area contributed by atoms with Crippen LogP contribution >= 0.6 is 0 Å². The van der Waals surface area contributed by atoms with E-state index in [9.17, 15) is 14.0 Å². The third kappa shape index (κ3) is 6.66. The van der Waals surface area contributed by atoms with Gasteiger partial charge in [-0.1, -0.05) is 54.6 Å². The van der Waals surface area contributed by atoms with Crippen LogP contribution in [0.4, 0.5) is 9.18 Å². The molecule has 3 aromatic carbocycles. The molecule has 3 amide bonds. The summed E-state index contributed by atoms with van der Waals surface area (Å²) in [5.41, 5.74) is 3.80. The summed E-state index contributed by atoms with van der Waals surface area (Å²) >= 11 is 0. The lowest BCUT2D eigenvalue weighted by Crippen LogP contribution is -2.45. The number of carbonyl (C=O) groups excluding carboxylic acids is 2. The van der Waals surface area contributed by atoms with E-state index in [2.05, 4.69) is 29.6 Å². The van der Waals surface area contributed by atoms with E-state index in [0.717, 1.165) is 56.4 Å². The van der Waals surface area contributed by atoms with Gasteiger partial charge in [-0.05, 0) is 73.2 Å². The number of aryl methyl sites for hydroxylation is 1. The molecule has 0 aromatic heterocycles. The first kappa shape index (κ1) is 26.9. The number of halogens is 1. The van der Waals surface area contributed by atoms with Crippen molar-refractivity contribution in [1.82, 2.24) is 20.0 Å². The zero-order chi connectivity index (χ0) is 27.2. The molecule has 0 saturated carbocycles. The fourth-order valence-electron chi connectivity index (χ4n) is 5.59. The smallest absolute Gasteiger partial charge is 0.320 e. The van der Waals surface area contributed by atoms with Gasteiger partial charge in [0.05, 0.1) is 6.04 Å². The number of benzene rings is 3. The number of nitrogens with zero attached hydrogens (tertiary/aromatic N) is 3. The van der Waals surface area contributed by atoms with Crippen LogP contribution in [0.1, 0.15) is 35.2 Å². The first-order chi connectivity index (χ1) is 19.0. The molecule has 0 radical (unpaired) electrons. The fourth-order valence-corrected chi connectivity index (χ4v) is 5.59. The predicted molar refractivity (Wildman–Crippen MR) is 152 cm³/mol. The second kappa shape index (κ2) is 12.4. The van der Waals surface area contributed by atoms with E-state index in [0.29, 0.717) is 24.7 Å². The molecule has 204 valence electrons. The average Bonchev–Trinajstić information content (AvgIpc) is 3.66. The van der Waals surface area contributed by atoms with Gasteiger partial charge in [0.2, 0.25) is 0 Å². The highest BCUT2D eigenvalue weighted by Gasteiger charge is 2.35. The Labute approximate surface area is 230 Å². The van der Waals surface area contributed by atoms with E-state index >= 15 is 0 Å². The van der Waals surface area contributed by atoms with E-state index in [1.807, 2.05) is 47.2 Å². The Hall–Kier alpha value is -3.71. The topological polar surface area (TPSA) is 55.9 Å². The van der Waals surface area contributed by atoms with Crippen molar-refractivity contribution in [2.45, 2.75) is 37.8 Å². The summed E-state index contributed by atoms with van der Waals surface area (Å²) in [6.07, 6.45) is 3.89. The molecule has 2 atom stereocenters. The number of urea groups is 1. The van der Waals surface area contributed by atoms with Gasteiger partial charge < -0.3 is 20.0 Å². The molecule has 2 saturated heterocycles. The van der Waals surface area contributed by atoms with Crippen molar-refractivity contribution in [2.24, 2.45) is 0 Å². The van der Waals surface area contributed by atoms with Crippen LogP contribution in [0, 0.1) is 5.82 Å². The number of nitrogens with one attached hydrogen (secondary N) is 1. The molecular weight excluding hydrogens is 491 g/mol. The van der Waals surface area contributed by atoms with Crippen molar-refractivity contribution in [3.05, 3.63) is 95.8 Å². The summed E-state index contributed by atoms with van der Waals surface area (Å²) < 4.78 is 13.2. The second-order valence-electron chi connectivity index (χ2n) is 10.6. The van der Waals surface area contributed by atoms with Gasteiger partial charge in [0, 0.05) is 44.8 Å². The molecule has 6 nitrogen and oxygen atoms in total. The Morgan fingerprint density at radius 2 is 1.51 bits per heavy atom. The Bertz CT molecular complexity index is 1250. The molecular formula is C32H37FN4O2. The van der Waals surface area contributed by atoms with Crippen molar-refractivity contribution < 1.29 is 14.0 Å². The minimum absolute atomic E-state index is 0.00673. The van der Waals surface area contributed by atoms with Crippen LogP contribution in [-0.2, 0) is 6.42 Å². The minimum Gasteiger partial charge on any atom is -0.337 e. The quantitative estimate of drug-likeness (QED) is 0.416.